The van der Waals surface area contributed by atoms with Crippen LogP contribution in [0.4, 0.5) is 0 Å². The van der Waals surface area contributed by atoms with E-state index in [1.54, 1.807) is 0 Å². The van der Waals surface area contributed by atoms with E-state index in [-0.39, 0.29) is 0 Å². The van der Waals surface area contributed by atoms with Gasteiger partial charge in [0.15, 0.2) is 0 Å². The van der Waals surface area contributed by atoms with Gasteiger partial charge in [-0.2, -0.15) is 0 Å². The maximum absolute atomic E-state index is 4.24. The van der Waals surface area contributed by atoms with Crippen molar-refractivity contribution in [3.05, 3.63) is 41.7 Å². The molecular weight excluding hydrogens is 194 g/mol. The van der Waals surface area contributed by atoms with E-state index in [1.807, 2.05) is 40.8 Å². The van der Waals surface area contributed by atoms with Crippen LogP contribution in [0.2, 0.25) is 0 Å². The lowest BCUT2D eigenvalue weighted by atomic mass is 10.1. The second kappa shape index (κ2) is 7.86. The summed E-state index contributed by atoms with van der Waals surface area (Å²) in [6.45, 7) is 12.1. The fraction of sp³-hybridized carbons (Fsp3) is 0.400. The first kappa shape index (κ1) is 14.6. The van der Waals surface area contributed by atoms with Crippen molar-refractivity contribution in [3.8, 4) is 0 Å². The largest absolute Gasteiger partial charge is 0.261 e. The van der Waals surface area contributed by atoms with Crippen molar-refractivity contribution in [1.82, 2.24) is 4.98 Å². The molecule has 2 rings (SSSR count). The Hall–Kier alpha value is -1.37. The Morgan fingerprint density at radius 2 is 1.50 bits per heavy atom. The molecule has 1 heteroatoms. The Balaban J connectivity index is 0.000000509. The fourth-order valence-corrected chi connectivity index (χ4v) is 1.45. The Bertz CT molecular complexity index is 419. The molecule has 2 aromatic rings. The molecule has 0 unspecified atom stereocenters. The van der Waals surface area contributed by atoms with E-state index >= 15 is 0 Å². The third-order valence-electron chi connectivity index (χ3n) is 2.12. The lowest BCUT2D eigenvalue weighted by Gasteiger charge is -2.00. The quantitative estimate of drug-likeness (QED) is 0.611. The van der Waals surface area contributed by atoms with Gasteiger partial charge in [-0.25, -0.2) is 0 Å². The number of nitrogens with zero attached hydrogens (tertiary/aromatic N) is 1. The maximum atomic E-state index is 4.24. The number of aryl methyl sites for hydroxylation is 2. The van der Waals surface area contributed by atoms with Gasteiger partial charge in [0.1, 0.15) is 0 Å². The molecule has 16 heavy (non-hydrogen) atoms. The second-order valence-corrected chi connectivity index (χ2v) is 3.12. The zero-order valence-electron chi connectivity index (χ0n) is 11.3. The van der Waals surface area contributed by atoms with E-state index in [1.165, 1.54) is 16.3 Å². The van der Waals surface area contributed by atoms with Crippen LogP contribution in [0.5, 0.6) is 0 Å². The van der Waals surface area contributed by atoms with E-state index in [9.17, 15) is 0 Å². The molecule has 0 amide bonds. The summed E-state index contributed by atoms with van der Waals surface area (Å²) in [5.74, 6) is 0. The minimum absolute atomic E-state index is 1.10. The molecule has 0 fully saturated rings. The zero-order valence-corrected chi connectivity index (χ0v) is 11.3. The maximum Gasteiger partial charge on any atom is 0.0450 e. The molecule has 0 aliphatic rings. The predicted octanol–water partition coefficient (Wildman–Crippen LogP) is 4.90. The molecule has 0 radical (unpaired) electrons. The lowest BCUT2D eigenvalue weighted by Crippen LogP contribution is -1.83. The highest BCUT2D eigenvalue weighted by molar-refractivity contribution is 5.84. The summed E-state index contributed by atoms with van der Waals surface area (Å²) >= 11 is 0. The average Bonchev–Trinajstić information content (AvgIpc) is 2.34. The molecule has 1 nitrogen and oxygen atoms in total. The van der Waals surface area contributed by atoms with Gasteiger partial charge in [0, 0.05) is 17.3 Å². The second-order valence-electron chi connectivity index (χ2n) is 3.12. The van der Waals surface area contributed by atoms with E-state index in [2.05, 4.69) is 36.2 Å². The molecule has 1 aromatic heterocycles. The lowest BCUT2D eigenvalue weighted by molar-refractivity contribution is 1.23. The summed E-state index contributed by atoms with van der Waals surface area (Å²) in [6.07, 6.45) is 1.86. The number of hydrogen-bond donors (Lipinski definition) is 0. The SMILES string of the molecule is CC.CC.Cc1ccc2c(C)nccc2c1. The normalized spacial score (nSPS) is 8.62. The first-order valence-electron chi connectivity index (χ1n) is 6.09. The molecular formula is C15H23N. The number of benzene rings is 1. The van der Waals surface area contributed by atoms with Gasteiger partial charge in [0.05, 0.1) is 0 Å². The highest BCUT2D eigenvalue weighted by Gasteiger charge is 1.96. The van der Waals surface area contributed by atoms with E-state index in [4.69, 9.17) is 0 Å². The van der Waals surface area contributed by atoms with Crippen molar-refractivity contribution >= 4 is 10.8 Å². The average molecular weight is 217 g/mol. The highest BCUT2D eigenvalue weighted by atomic mass is 14.7. The summed E-state index contributed by atoms with van der Waals surface area (Å²) in [5.41, 5.74) is 2.40. The van der Waals surface area contributed by atoms with Crippen molar-refractivity contribution in [2.45, 2.75) is 41.5 Å². The predicted molar refractivity (Wildman–Crippen MR) is 73.9 cm³/mol. The Morgan fingerprint density at radius 1 is 0.875 bits per heavy atom. The summed E-state index contributed by atoms with van der Waals surface area (Å²) in [5, 5.41) is 2.53. The third kappa shape index (κ3) is 3.65. The van der Waals surface area contributed by atoms with E-state index in [0.717, 1.165) is 5.69 Å². The third-order valence-corrected chi connectivity index (χ3v) is 2.12. The molecule has 0 aliphatic heterocycles. The van der Waals surface area contributed by atoms with Gasteiger partial charge in [-0.3, -0.25) is 4.98 Å². The van der Waals surface area contributed by atoms with Crippen LogP contribution >= 0.6 is 0 Å². The van der Waals surface area contributed by atoms with Crippen LogP contribution in [0.1, 0.15) is 39.0 Å². The van der Waals surface area contributed by atoms with Gasteiger partial charge < -0.3 is 0 Å². The molecule has 0 saturated heterocycles. The number of fused-ring (bicyclic) bond motifs is 1. The molecule has 1 heterocycles. The van der Waals surface area contributed by atoms with Crippen molar-refractivity contribution in [2.24, 2.45) is 0 Å². The van der Waals surface area contributed by atoms with Crippen molar-refractivity contribution in [2.75, 3.05) is 0 Å². The molecule has 0 saturated carbocycles. The molecule has 1 aromatic carbocycles. The van der Waals surface area contributed by atoms with Crippen molar-refractivity contribution in [1.29, 1.82) is 0 Å². The molecule has 88 valence electrons. The van der Waals surface area contributed by atoms with Gasteiger partial charge >= 0.3 is 0 Å². The van der Waals surface area contributed by atoms with Crippen LogP contribution in [0.25, 0.3) is 10.8 Å². The van der Waals surface area contributed by atoms with E-state index in [0.29, 0.717) is 0 Å². The first-order valence-corrected chi connectivity index (χ1v) is 6.09. The summed E-state index contributed by atoms with van der Waals surface area (Å²) < 4.78 is 0. The van der Waals surface area contributed by atoms with Crippen LogP contribution in [-0.4, -0.2) is 4.98 Å². The monoisotopic (exact) mass is 217 g/mol. The highest BCUT2D eigenvalue weighted by Crippen LogP contribution is 2.16. The van der Waals surface area contributed by atoms with Crippen LogP contribution in [0, 0.1) is 13.8 Å². The number of aromatic nitrogens is 1. The van der Waals surface area contributed by atoms with Crippen molar-refractivity contribution in [3.63, 3.8) is 0 Å². The van der Waals surface area contributed by atoms with Crippen LogP contribution in [-0.2, 0) is 0 Å². The Kier molecular flexibility index (Phi) is 7.19. The summed E-state index contributed by atoms with van der Waals surface area (Å²) in [4.78, 5) is 4.24. The van der Waals surface area contributed by atoms with Gasteiger partial charge in [0.25, 0.3) is 0 Å². The van der Waals surface area contributed by atoms with Crippen LogP contribution < -0.4 is 0 Å². The minimum atomic E-state index is 1.10. The van der Waals surface area contributed by atoms with Gasteiger partial charge in [-0.1, -0.05) is 51.5 Å². The zero-order chi connectivity index (χ0) is 12.6. The summed E-state index contributed by atoms with van der Waals surface area (Å²) in [6, 6.07) is 8.49. The first-order chi connectivity index (χ1) is 7.77. The molecule has 0 bridgehead atoms. The van der Waals surface area contributed by atoms with Gasteiger partial charge in [0.2, 0.25) is 0 Å². The molecule has 0 atom stereocenters. The topological polar surface area (TPSA) is 12.9 Å². The van der Waals surface area contributed by atoms with Crippen LogP contribution in [0.3, 0.4) is 0 Å². The number of rotatable bonds is 0. The van der Waals surface area contributed by atoms with E-state index < -0.39 is 0 Å². The smallest absolute Gasteiger partial charge is 0.0450 e. The number of hydrogen-bond acceptors (Lipinski definition) is 1. The Morgan fingerprint density at radius 3 is 2.12 bits per heavy atom. The standard InChI is InChI=1S/C11H11N.2C2H6/c1-8-3-4-11-9(2)12-6-5-10(11)7-8;2*1-2/h3-7H,1-2H3;2*1-2H3. The number of pyridine rings is 1. The molecule has 0 N–H and O–H groups in total. The van der Waals surface area contributed by atoms with Crippen molar-refractivity contribution < 1.29 is 0 Å². The molecule has 0 aliphatic carbocycles. The van der Waals surface area contributed by atoms with Gasteiger partial charge in [-0.05, 0) is 25.3 Å². The Labute approximate surface area is 99.5 Å². The minimum Gasteiger partial charge on any atom is -0.261 e. The molecule has 0 spiro atoms. The fourth-order valence-electron chi connectivity index (χ4n) is 1.45. The summed E-state index contributed by atoms with van der Waals surface area (Å²) in [7, 11) is 0. The van der Waals surface area contributed by atoms with Gasteiger partial charge in [-0.15, -0.1) is 0 Å². The van der Waals surface area contributed by atoms with Crippen LogP contribution in [0.15, 0.2) is 30.5 Å².